The van der Waals surface area contributed by atoms with E-state index in [1.807, 2.05) is 7.05 Å². The highest BCUT2D eigenvalue weighted by atomic mass is 127. The van der Waals surface area contributed by atoms with Crippen LogP contribution in [0.4, 0.5) is 0 Å². The van der Waals surface area contributed by atoms with Crippen molar-refractivity contribution in [1.29, 1.82) is 0 Å². The maximum Gasteiger partial charge on any atom is 0.190 e. The molecule has 1 aliphatic rings. The van der Waals surface area contributed by atoms with Crippen LogP contribution in [-0.4, -0.2) is 43.8 Å². The number of aromatic nitrogens is 1. The van der Waals surface area contributed by atoms with E-state index in [0.717, 1.165) is 38.5 Å². The lowest BCUT2D eigenvalue weighted by molar-refractivity contribution is 0.0574. The molecule has 2 aromatic rings. The van der Waals surface area contributed by atoms with Crippen LogP contribution in [0.1, 0.15) is 37.7 Å². The van der Waals surface area contributed by atoms with Crippen molar-refractivity contribution < 1.29 is 4.74 Å². The van der Waals surface area contributed by atoms with Gasteiger partial charge in [-0.2, -0.15) is 0 Å². The number of aliphatic imine (C=N–C) groups is 1. The van der Waals surface area contributed by atoms with Gasteiger partial charge >= 0.3 is 0 Å². The van der Waals surface area contributed by atoms with Crippen LogP contribution in [-0.2, 0) is 11.2 Å². The van der Waals surface area contributed by atoms with Gasteiger partial charge in [-0.1, -0.05) is 31.0 Å². The van der Waals surface area contributed by atoms with E-state index in [2.05, 4.69) is 51.1 Å². The second kappa shape index (κ2) is 11.4. The predicted octanol–water partition coefficient (Wildman–Crippen LogP) is 3.84. The van der Waals surface area contributed by atoms with Crippen molar-refractivity contribution in [2.75, 3.05) is 26.7 Å². The Balaban J connectivity index is 0.00000243. The zero-order chi connectivity index (χ0) is 17.3. The van der Waals surface area contributed by atoms with Crippen molar-refractivity contribution in [2.45, 2.75) is 44.6 Å². The highest BCUT2D eigenvalue weighted by molar-refractivity contribution is 14.0. The lowest BCUT2D eigenvalue weighted by atomic mass is 10.1. The molecule has 0 saturated heterocycles. The van der Waals surface area contributed by atoms with Gasteiger partial charge < -0.3 is 20.4 Å². The van der Waals surface area contributed by atoms with Crippen LogP contribution in [0.5, 0.6) is 0 Å². The zero-order valence-electron chi connectivity index (χ0n) is 15.6. The second-order valence-electron chi connectivity index (χ2n) is 6.67. The summed E-state index contributed by atoms with van der Waals surface area (Å²) in [7, 11) is 1.82. The molecule has 0 radical (unpaired) electrons. The minimum Gasteiger partial charge on any atom is -0.378 e. The van der Waals surface area contributed by atoms with Gasteiger partial charge in [0.05, 0.1) is 6.10 Å². The van der Waals surface area contributed by atoms with Crippen LogP contribution < -0.4 is 10.6 Å². The molecule has 26 heavy (non-hydrogen) atoms. The van der Waals surface area contributed by atoms with E-state index in [1.165, 1.54) is 42.1 Å². The highest BCUT2D eigenvalue weighted by Gasteiger charge is 2.14. The first-order valence-electron chi connectivity index (χ1n) is 9.48. The Labute approximate surface area is 173 Å². The molecule has 5 nitrogen and oxygen atoms in total. The fraction of sp³-hybridized carbons (Fsp3) is 0.550. The Morgan fingerprint density at radius 2 is 1.96 bits per heavy atom. The van der Waals surface area contributed by atoms with Crippen molar-refractivity contribution in [3.8, 4) is 0 Å². The summed E-state index contributed by atoms with van der Waals surface area (Å²) >= 11 is 0. The third-order valence-electron chi connectivity index (χ3n) is 4.85. The molecule has 3 rings (SSSR count). The topological polar surface area (TPSA) is 61.4 Å². The van der Waals surface area contributed by atoms with Crippen LogP contribution in [0.25, 0.3) is 10.9 Å². The van der Waals surface area contributed by atoms with E-state index in [0.29, 0.717) is 6.10 Å². The Morgan fingerprint density at radius 1 is 1.19 bits per heavy atom. The first-order valence-corrected chi connectivity index (χ1v) is 9.48. The third-order valence-corrected chi connectivity index (χ3v) is 4.85. The van der Waals surface area contributed by atoms with E-state index < -0.39 is 0 Å². The Bertz CT molecular complexity index is 679. The smallest absolute Gasteiger partial charge is 0.190 e. The van der Waals surface area contributed by atoms with Gasteiger partial charge in [-0.05, 0) is 37.3 Å². The molecule has 6 heteroatoms. The van der Waals surface area contributed by atoms with E-state index in [-0.39, 0.29) is 24.0 Å². The summed E-state index contributed by atoms with van der Waals surface area (Å²) in [6, 6.07) is 8.42. The number of ether oxygens (including phenoxy) is 1. The van der Waals surface area contributed by atoms with E-state index in [1.54, 1.807) is 0 Å². The van der Waals surface area contributed by atoms with Gasteiger partial charge in [0, 0.05) is 43.8 Å². The van der Waals surface area contributed by atoms with Gasteiger partial charge in [0.25, 0.3) is 0 Å². The normalized spacial score (nSPS) is 15.2. The third kappa shape index (κ3) is 6.16. The number of nitrogens with one attached hydrogen (secondary N) is 3. The average Bonchev–Trinajstić information content (AvgIpc) is 3.30. The molecule has 1 saturated carbocycles. The van der Waals surface area contributed by atoms with E-state index in [9.17, 15) is 0 Å². The quantitative estimate of drug-likeness (QED) is 0.238. The summed E-state index contributed by atoms with van der Waals surface area (Å²) in [6.45, 7) is 2.59. The Hall–Kier alpha value is -1.28. The number of hydrogen-bond donors (Lipinski definition) is 3. The molecule has 1 aromatic heterocycles. The first-order chi connectivity index (χ1) is 12.4. The van der Waals surface area contributed by atoms with Crippen molar-refractivity contribution >= 4 is 40.8 Å². The van der Waals surface area contributed by atoms with Crippen LogP contribution >= 0.6 is 24.0 Å². The lowest BCUT2D eigenvalue weighted by Gasteiger charge is -2.13. The summed E-state index contributed by atoms with van der Waals surface area (Å²) in [6.07, 6.45) is 9.73. The van der Waals surface area contributed by atoms with E-state index in [4.69, 9.17) is 4.74 Å². The van der Waals surface area contributed by atoms with Crippen molar-refractivity contribution in [2.24, 2.45) is 4.99 Å². The molecule has 3 N–H and O–H groups in total. The van der Waals surface area contributed by atoms with Crippen molar-refractivity contribution in [3.05, 3.63) is 36.0 Å². The highest BCUT2D eigenvalue weighted by Crippen LogP contribution is 2.20. The number of halogens is 1. The number of para-hydroxylation sites is 1. The number of rotatable bonds is 8. The number of H-pyrrole nitrogens is 1. The molecule has 0 aliphatic heterocycles. The molecule has 144 valence electrons. The van der Waals surface area contributed by atoms with Gasteiger partial charge in [-0.15, -0.1) is 24.0 Å². The van der Waals surface area contributed by atoms with E-state index >= 15 is 0 Å². The van der Waals surface area contributed by atoms with Gasteiger partial charge in [-0.3, -0.25) is 4.99 Å². The molecular weight excluding hydrogens is 439 g/mol. The largest absolute Gasteiger partial charge is 0.378 e. The summed E-state index contributed by atoms with van der Waals surface area (Å²) < 4.78 is 5.89. The molecule has 0 atom stereocenters. The SMILES string of the molecule is CN=C(NCCCOC1CCCC1)NCCc1c[nH]c2ccccc12.I. The fourth-order valence-corrected chi connectivity index (χ4v) is 3.46. The number of nitrogens with zero attached hydrogens (tertiary/aromatic N) is 1. The van der Waals surface area contributed by atoms with Gasteiger partial charge in [-0.25, -0.2) is 0 Å². The first kappa shape index (κ1) is 21.0. The molecule has 1 heterocycles. The molecule has 1 aliphatic carbocycles. The van der Waals surface area contributed by atoms with Crippen molar-refractivity contribution in [1.82, 2.24) is 15.6 Å². The summed E-state index contributed by atoms with van der Waals surface area (Å²) in [5.74, 6) is 0.862. The van der Waals surface area contributed by atoms with Gasteiger partial charge in [0.2, 0.25) is 0 Å². The number of aromatic amines is 1. The number of fused-ring (bicyclic) bond motifs is 1. The molecule has 0 spiro atoms. The van der Waals surface area contributed by atoms with Crippen LogP contribution in [0.2, 0.25) is 0 Å². The number of hydrogen-bond acceptors (Lipinski definition) is 2. The number of guanidine groups is 1. The maximum absolute atomic E-state index is 5.89. The summed E-state index contributed by atoms with van der Waals surface area (Å²) in [5, 5.41) is 8.05. The molecule has 1 fully saturated rings. The van der Waals surface area contributed by atoms with Crippen molar-refractivity contribution in [3.63, 3.8) is 0 Å². The van der Waals surface area contributed by atoms with Gasteiger partial charge in [0.1, 0.15) is 0 Å². The summed E-state index contributed by atoms with van der Waals surface area (Å²) in [4.78, 5) is 7.61. The molecule has 0 unspecified atom stereocenters. The Morgan fingerprint density at radius 3 is 2.77 bits per heavy atom. The minimum absolute atomic E-state index is 0. The second-order valence-corrected chi connectivity index (χ2v) is 6.67. The Kier molecular flexibility index (Phi) is 9.25. The predicted molar refractivity (Wildman–Crippen MR) is 120 cm³/mol. The van der Waals surface area contributed by atoms with Gasteiger partial charge in [0.15, 0.2) is 5.96 Å². The lowest BCUT2D eigenvalue weighted by Crippen LogP contribution is -2.39. The van der Waals surface area contributed by atoms with Crippen LogP contribution in [0, 0.1) is 0 Å². The molecule has 0 amide bonds. The zero-order valence-corrected chi connectivity index (χ0v) is 17.9. The average molecular weight is 470 g/mol. The summed E-state index contributed by atoms with van der Waals surface area (Å²) in [5.41, 5.74) is 2.53. The standard InChI is InChI=1S/C20H30N4O.HI/c1-21-20(22-12-6-14-25-17-7-2-3-8-17)23-13-11-16-15-24-19-10-5-4-9-18(16)19;/h4-5,9-10,15,17,24H,2-3,6-8,11-14H2,1H3,(H2,21,22,23);1H. The molecule has 1 aromatic carbocycles. The molecular formula is C20H31IN4O. The fourth-order valence-electron chi connectivity index (χ4n) is 3.46. The molecule has 0 bridgehead atoms. The monoisotopic (exact) mass is 470 g/mol. The van der Waals surface area contributed by atoms with Crippen LogP contribution in [0.3, 0.4) is 0 Å². The maximum atomic E-state index is 5.89. The van der Waals surface area contributed by atoms with Crippen LogP contribution in [0.15, 0.2) is 35.5 Å². The number of benzene rings is 1. The minimum atomic E-state index is 0.